The van der Waals surface area contributed by atoms with Crippen LogP contribution in [0.25, 0.3) is 11.3 Å². The van der Waals surface area contributed by atoms with Crippen molar-refractivity contribution in [1.82, 2.24) is 14.7 Å². The summed E-state index contributed by atoms with van der Waals surface area (Å²) >= 11 is 0. The maximum atomic E-state index is 12.1. The van der Waals surface area contributed by atoms with Gasteiger partial charge in [-0.15, -0.1) is 10.7 Å². The van der Waals surface area contributed by atoms with Gasteiger partial charge in [0.25, 0.3) is 0 Å². The van der Waals surface area contributed by atoms with Crippen LogP contribution in [0.3, 0.4) is 0 Å². The van der Waals surface area contributed by atoms with Gasteiger partial charge < -0.3 is 15.7 Å². The number of hydrogen-bond acceptors (Lipinski definition) is 7. The molecule has 0 bridgehead atoms. The van der Waals surface area contributed by atoms with Crippen LogP contribution in [0.2, 0.25) is 0 Å². The maximum absolute atomic E-state index is 12.1. The highest BCUT2D eigenvalue weighted by atomic mass is 32.2. The quantitative estimate of drug-likeness (QED) is 0.330. The van der Waals surface area contributed by atoms with E-state index in [1.54, 1.807) is 24.4 Å². The van der Waals surface area contributed by atoms with E-state index in [0.717, 1.165) is 35.4 Å². The van der Waals surface area contributed by atoms with E-state index < -0.39 is 0 Å². The number of benzene rings is 2. The number of aliphatic hydroxyl groups is 1. The Balaban J connectivity index is 1.48. The molecule has 0 aliphatic heterocycles. The molecule has 1 aliphatic carbocycles. The first-order valence-corrected chi connectivity index (χ1v) is 12.5. The van der Waals surface area contributed by atoms with Crippen LogP contribution in [-0.2, 0) is 10.5 Å². The van der Waals surface area contributed by atoms with Gasteiger partial charge in [-0.2, -0.15) is 5.26 Å². The molecule has 9 heteroatoms. The van der Waals surface area contributed by atoms with E-state index in [-0.39, 0.29) is 29.1 Å². The molecule has 2 aromatic carbocycles. The summed E-state index contributed by atoms with van der Waals surface area (Å²) in [4.78, 5) is 21.0. The second-order valence-electron chi connectivity index (χ2n) is 7.98. The molecule has 8 nitrogen and oxygen atoms in total. The van der Waals surface area contributed by atoms with Gasteiger partial charge in [-0.25, -0.2) is 9.97 Å². The van der Waals surface area contributed by atoms with Gasteiger partial charge in [0.05, 0.1) is 23.6 Å². The topological polar surface area (TPSA) is 123 Å². The third-order valence-electron chi connectivity index (χ3n) is 5.24. The summed E-state index contributed by atoms with van der Waals surface area (Å²) in [6.07, 6.45) is 3.47. The van der Waals surface area contributed by atoms with Gasteiger partial charge in [0, 0.05) is 35.7 Å². The molecular weight excluding hydrogens is 448 g/mol. The molecule has 1 atom stereocenters. The molecule has 0 radical (unpaired) electrons. The van der Waals surface area contributed by atoms with Crippen LogP contribution in [0.1, 0.15) is 24.0 Å². The van der Waals surface area contributed by atoms with Crippen LogP contribution >= 0.6 is 10.7 Å². The lowest BCUT2D eigenvalue weighted by atomic mass is 10.1. The van der Waals surface area contributed by atoms with Crippen molar-refractivity contribution >= 4 is 39.8 Å². The molecule has 3 aromatic rings. The molecule has 1 aliphatic rings. The van der Waals surface area contributed by atoms with E-state index in [2.05, 4.69) is 37.3 Å². The van der Waals surface area contributed by atoms with Gasteiger partial charge in [-0.05, 0) is 48.7 Å². The lowest BCUT2D eigenvalue weighted by Gasteiger charge is -2.11. The van der Waals surface area contributed by atoms with Gasteiger partial charge in [0.2, 0.25) is 11.9 Å². The SMILES string of the molecule is C=S(Cc1cccc(Nc2nccc(-c3ccc(NC(=O)C4CC4)c(C#N)c3)n2)c1)NCCO. The minimum atomic E-state index is -0.284. The number of anilines is 3. The van der Waals surface area contributed by atoms with E-state index in [1.807, 2.05) is 30.3 Å². The van der Waals surface area contributed by atoms with Crippen molar-refractivity contribution in [2.75, 3.05) is 23.8 Å². The molecule has 4 N–H and O–H groups in total. The maximum Gasteiger partial charge on any atom is 0.227 e. The number of aromatic nitrogens is 2. The predicted molar refractivity (Wildman–Crippen MR) is 137 cm³/mol. The van der Waals surface area contributed by atoms with Gasteiger partial charge in [0.15, 0.2) is 0 Å². The summed E-state index contributed by atoms with van der Waals surface area (Å²) in [6.45, 7) is 0.606. The molecule has 1 saturated carbocycles. The molecule has 1 heterocycles. The highest BCUT2D eigenvalue weighted by Gasteiger charge is 2.30. The number of carbonyl (C=O) groups excluding carboxylic acids is 1. The van der Waals surface area contributed by atoms with Gasteiger partial charge in [-0.3, -0.25) is 9.52 Å². The fourth-order valence-electron chi connectivity index (χ4n) is 3.38. The first-order valence-electron chi connectivity index (χ1n) is 10.9. The Labute approximate surface area is 201 Å². The van der Waals surface area contributed by atoms with Crippen molar-refractivity contribution in [2.24, 2.45) is 5.92 Å². The smallest absolute Gasteiger partial charge is 0.227 e. The highest BCUT2D eigenvalue weighted by Crippen LogP contribution is 2.31. The minimum absolute atomic E-state index is 0.0325. The lowest BCUT2D eigenvalue weighted by molar-refractivity contribution is -0.117. The standard InChI is InChI=1S/C25H26N6O2S/c1-34(28-11-12-32)16-17-3-2-4-21(13-17)29-25-27-10-9-23(31-25)19-7-8-22(20(14-19)15-26)30-24(33)18-5-6-18/h2-4,7-10,13-14,18,28,32H,1,5-6,11-12,16H2,(H,30,33)(H,27,29,31). The fraction of sp³-hybridized carbons (Fsp3) is 0.240. The normalized spacial score (nSPS) is 13.6. The Bertz CT molecular complexity index is 1250. The Morgan fingerprint density at radius 1 is 1.24 bits per heavy atom. The first kappa shape index (κ1) is 23.6. The Hall–Kier alpha value is -3.58. The summed E-state index contributed by atoms with van der Waals surface area (Å²) in [5, 5.41) is 24.6. The van der Waals surface area contributed by atoms with Gasteiger partial charge >= 0.3 is 0 Å². The summed E-state index contributed by atoms with van der Waals surface area (Å²) in [7, 11) is -0.284. The van der Waals surface area contributed by atoms with Crippen molar-refractivity contribution in [3.8, 4) is 17.3 Å². The molecule has 1 amide bonds. The van der Waals surface area contributed by atoms with Crippen molar-refractivity contribution in [3.63, 3.8) is 0 Å². The zero-order valence-electron chi connectivity index (χ0n) is 18.6. The van der Waals surface area contributed by atoms with Crippen LogP contribution < -0.4 is 15.4 Å². The van der Waals surface area contributed by atoms with Crippen LogP contribution in [0.4, 0.5) is 17.3 Å². The fourth-order valence-corrected chi connectivity index (χ4v) is 4.44. The molecule has 174 valence electrons. The van der Waals surface area contributed by atoms with Crippen LogP contribution in [0, 0.1) is 17.2 Å². The summed E-state index contributed by atoms with van der Waals surface area (Å²) in [5.74, 6) is 5.31. The number of nitrogens with zero attached hydrogens (tertiary/aromatic N) is 3. The van der Waals surface area contributed by atoms with Gasteiger partial charge in [0.1, 0.15) is 6.07 Å². The summed E-state index contributed by atoms with van der Waals surface area (Å²) in [5.41, 5.74) is 4.29. The van der Waals surface area contributed by atoms with Crippen LogP contribution in [0.5, 0.6) is 0 Å². The average Bonchev–Trinajstić information content (AvgIpc) is 3.69. The van der Waals surface area contributed by atoms with E-state index in [9.17, 15) is 10.1 Å². The Morgan fingerprint density at radius 2 is 2.09 bits per heavy atom. The Morgan fingerprint density at radius 3 is 2.85 bits per heavy atom. The summed E-state index contributed by atoms with van der Waals surface area (Å²) < 4.78 is 3.18. The van der Waals surface area contributed by atoms with E-state index in [0.29, 0.717) is 29.4 Å². The first-order chi connectivity index (χ1) is 16.6. The van der Waals surface area contributed by atoms with E-state index >= 15 is 0 Å². The van der Waals surface area contributed by atoms with E-state index in [1.165, 1.54) is 0 Å². The van der Waals surface area contributed by atoms with Gasteiger partial charge in [-0.1, -0.05) is 24.1 Å². The van der Waals surface area contributed by atoms with Crippen LogP contribution in [0.15, 0.2) is 54.7 Å². The van der Waals surface area contributed by atoms with Crippen molar-refractivity contribution < 1.29 is 9.90 Å². The number of nitrogens with one attached hydrogen (secondary N) is 3. The molecule has 34 heavy (non-hydrogen) atoms. The number of hydrogen-bond donors (Lipinski definition) is 4. The third-order valence-corrected chi connectivity index (χ3v) is 6.53. The molecule has 1 fully saturated rings. The largest absolute Gasteiger partial charge is 0.395 e. The van der Waals surface area contributed by atoms with Crippen molar-refractivity contribution in [1.29, 1.82) is 5.26 Å². The van der Waals surface area contributed by atoms with E-state index in [4.69, 9.17) is 5.11 Å². The number of amides is 1. The number of carbonyl (C=O) groups is 1. The zero-order valence-corrected chi connectivity index (χ0v) is 19.4. The molecule has 0 saturated heterocycles. The third kappa shape index (κ3) is 6.26. The van der Waals surface area contributed by atoms with Crippen LogP contribution in [-0.4, -0.2) is 40.0 Å². The molecule has 4 rings (SSSR count). The number of aliphatic hydroxyl groups excluding tert-OH is 1. The second kappa shape index (κ2) is 11.0. The number of nitriles is 1. The van der Waals surface area contributed by atoms with Crippen molar-refractivity contribution in [3.05, 3.63) is 65.9 Å². The Kier molecular flexibility index (Phi) is 7.65. The molecular formula is C25H26N6O2S. The predicted octanol–water partition coefficient (Wildman–Crippen LogP) is 3.81. The highest BCUT2D eigenvalue weighted by molar-refractivity contribution is 8.11. The average molecular weight is 475 g/mol. The second-order valence-corrected chi connectivity index (χ2v) is 9.54. The number of rotatable bonds is 10. The molecule has 1 unspecified atom stereocenters. The monoisotopic (exact) mass is 474 g/mol. The minimum Gasteiger partial charge on any atom is -0.395 e. The lowest BCUT2D eigenvalue weighted by Crippen LogP contribution is -2.14. The molecule has 0 spiro atoms. The zero-order chi connectivity index (χ0) is 23.9. The molecule has 1 aromatic heterocycles. The van der Waals surface area contributed by atoms with Crippen molar-refractivity contribution in [2.45, 2.75) is 18.6 Å². The summed E-state index contributed by atoms with van der Waals surface area (Å²) in [6, 6.07) is 17.2.